The molecule has 0 bridgehead atoms. The zero-order chi connectivity index (χ0) is 16.9. The maximum absolute atomic E-state index is 13.6. The van der Waals surface area contributed by atoms with Crippen molar-refractivity contribution in [3.63, 3.8) is 0 Å². The molecule has 0 atom stereocenters. The summed E-state index contributed by atoms with van der Waals surface area (Å²) in [7, 11) is 0. The minimum absolute atomic E-state index is 0.00533. The first-order valence-corrected chi connectivity index (χ1v) is 8.93. The molecule has 3 rings (SSSR count). The highest BCUT2D eigenvalue weighted by Crippen LogP contribution is 2.31. The van der Waals surface area contributed by atoms with Crippen LogP contribution >= 0.6 is 11.3 Å². The summed E-state index contributed by atoms with van der Waals surface area (Å²) in [4.78, 5) is 19.0. The van der Waals surface area contributed by atoms with Crippen LogP contribution in [0.2, 0.25) is 0 Å². The summed E-state index contributed by atoms with van der Waals surface area (Å²) in [5, 5.41) is 13.4. The lowest BCUT2D eigenvalue weighted by atomic mass is 10.2. The van der Waals surface area contributed by atoms with Crippen molar-refractivity contribution in [2.24, 2.45) is 0 Å². The molecule has 2 N–H and O–H groups in total. The van der Waals surface area contributed by atoms with E-state index in [1.165, 1.54) is 42.4 Å². The van der Waals surface area contributed by atoms with E-state index in [9.17, 15) is 14.3 Å². The Bertz CT molecular complexity index is 712. The standard InChI is InChI=1S/C17H20FN3O2S/c18-13-8-4-3-7-12(13)15(22)19-11-14-16(23)20-17(24-14)21-9-5-1-2-6-10-21/h3-4,7-8,23H,1-2,5-6,9-11H2,(H,19,22). The van der Waals surface area contributed by atoms with Crippen LogP contribution in [-0.4, -0.2) is 29.1 Å². The van der Waals surface area contributed by atoms with Crippen LogP contribution in [0.5, 0.6) is 5.88 Å². The molecular formula is C17H20FN3O2S. The van der Waals surface area contributed by atoms with Gasteiger partial charge in [0.2, 0.25) is 5.88 Å². The summed E-state index contributed by atoms with van der Waals surface area (Å²) < 4.78 is 13.6. The third kappa shape index (κ3) is 3.84. The van der Waals surface area contributed by atoms with Gasteiger partial charge in [0.1, 0.15) is 5.82 Å². The Morgan fingerprint density at radius 3 is 2.67 bits per heavy atom. The van der Waals surface area contributed by atoms with Crippen molar-refractivity contribution < 1.29 is 14.3 Å². The third-order valence-electron chi connectivity index (χ3n) is 4.07. The Hall–Kier alpha value is -2.15. The topological polar surface area (TPSA) is 65.5 Å². The van der Waals surface area contributed by atoms with Gasteiger partial charge in [0.05, 0.1) is 17.0 Å². The van der Waals surface area contributed by atoms with Gasteiger partial charge in [0, 0.05) is 13.1 Å². The van der Waals surface area contributed by atoms with Gasteiger partial charge in [-0.3, -0.25) is 4.79 Å². The van der Waals surface area contributed by atoms with Gasteiger partial charge in [0.25, 0.3) is 5.91 Å². The average molecular weight is 349 g/mol. The second kappa shape index (κ2) is 7.61. The summed E-state index contributed by atoms with van der Waals surface area (Å²) in [6.07, 6.45) is 4.69. The number of nitrogens with zero attached hydrogens (tertiary/aromatic N) is 2. The van der Waals surface area contributed by atoms with E-state index in [0.717, 1.165) is 31.1 Å². The van der Waals surface area contributed by atoms with Gasteiger partial charge >= 0.3 is 0 Å². The van der Waals surface area contributed by atoms with E-state index in [1.807, 2.05) is 0 Å². The van der Waals surface area contributed by atoms with Crippen molar-refractivity contribution in [2.45, 2.75) is 32.2 Å². The van der Waals surface area contributed by atoms with Crippen molar-refractivity contribution in [2.75, 3.05) is 18.0 Å². The minimum Gasteiger partial charge on any atom is -0.492 e. The highest BCUT2D eigenvalue weighted by molar-refractivity contribution is 7.15. The molecule has 1 aromatic carbocycles. The van der Waals surface area contributed by atoms with Crippen LogP contribution in [0.1, 0.15) is 40.9 Å². The number of nitrogens with one attached hydrogen (secondary N) is 1. The van der Waals surface area contributed by atoms with E-state index in [4.69, 9.17) is 0 Å². The fraction of sp³-hybridized carbons (Fsp3) is 0.412. The Labute approximate surface area is 144 Å². The van der Waals surface area contributed by atoms with Gasteiger partial charge in [-0.15, -0.1) is 0 Å². The molecule has 1 aromatic heterocycles. The summed E-state index contributed by atoms with van der Waals surface area (Å²) in [5.41, 5.74) is -0.00533. The number of anilines is 1. The molecule has 24 heavy (non-hydrogen) atoms. The van der Waals surface area contributed by atoms with Crippen molar-refractivity contribution >= 4 is 22.4 Å². The lowest BCUT2D eigenvalue weighted by Gasteiger charge is -2.18. The van der Waals surface area contributed by atoms with Gasteiger partial charge in [-0.05, 0) is 25.0 Å². The van der Waals surface area contributed by atoms with E-state index < -0.39 is 11.7 Å². The molecule has 1 aliphatic heterocycles. The number of halogens is 1. The molecule has 7 heteroatoms. The first-order valence-electron chi connectivity index (χ1n) is 8.11. The van der Waals surface area contributed by atoms with Crippen LogP contribution in [0.15, 0.2) is 24.3 Å². The van der Waals surface area contributed by atoms with Crippen molar-refractivity contribution in [1.82, 2.24) is 10.3 Å². The van der Waals surface area contributed by atoms with E-state index in [0.29, 0.717) is 4.88 Å². The second-order valence-electron chi connectivity index (χ2n) is 5.81. The Morgan fingerprint density at radius 2 is 1.96 bits per heavy atom. The van der Waals surface area contributed by atoms with Gasteiger partial charge in [-0.1, -0.05) is 36.3 Å². The molecule has 1 fully saturated rings. The molecule has 128 valence electrons. The summed E-state index contributed by atoms with van der Waals surface area (Å²) >= 11 is 1.37. The Kier molecular flexibility index (Phi) is 5.30. The predicted octanol–water partition coefficient (Wildman–Crippen LogP) is 3.30. The van der Waals surface area contributed by atoms with Crippen LogP contribution in [0.3, 0.4) is 0 Å². The number of carbonyl (C=O) groups is 1. The highest BCUT2D eigenvalue weighted by Gasteiger charge is 2.18. The number of benzene rings is 1. The number of amides is 1. The first kappa shape index (κ1) is 16.7. The maximum atomic E-state index is 13.6. The van der Waals surface area contributed by atoms with Crippen LogP contribution in [0.25, 0.3) is 0 Å². The quantitative estimate of drug-likeness (QED) is 0.889. The number of aromatic nitrogens is 1. The molecule has 0 radical (unpaired) electrons. The molecule has 0 saturated carbocycles. The van der Waals surface area contributed by atoms with Crippen LogP contribution < -0.4 is 10.2 Å². The van der Waals surface area contributed by atoms with E-state index >= 15 is 0 Å². The van der Waals surface area contributed by atoms with Crippen molar-refractivity contribution in [3.8, 4) is 5.88 Å². The zero-order valence-electron chi connectivity index (χ0n) is 13.3. The average Bonchev–Trinajstić information content (AvgIpc) is 2.77. The van der Waals surface area contributed by atoms with Gasteiger partial charge in [-0.2, -0.15) is 4.98 Å². The molecule has 0 unspecified atom stereocenters. The highest BCUT2D eigenvalue weighted by atomic mass is 32.1. The number of hydrogen-bond donors (Lipinski definition) is 2. The molecular weight excluding hydrogens is 329 g/mol. The molecule has 0 aliphatic carbocycles. The molecule has 1 aliphatic rings. The largest absolute Gasteiger partial charge is 0.492 e. The Balaban J connectivity index is 1.65. The lowest BCUT2D eigenvalue weighted by molar-refractivity contribution is 0.0947. The minimum atomic E-state index is -0.561. The summed E-state index contributed by atoms with van der Waals surface area (Å²) in [5.74, 6) is -1.13. The monoisotopic (exact) mass is 349 g/mol. The molecule has 1 amide bonds. The van der Waals surface area contributed by atoms with E-state index in [2.05, 4.69) is 15.2 Å². The van der Waals surface area contributed by atoms with Gasteiger partial charge < -0.3 is 15.3 Å². The maximum Gasteiger partial charge on any atom is 0.254 e. The zero-order valence-corrected chi connectivity index (χ0v) is 14.1. The molecule has 2 heterocycles. The fourth-order valence-corrected chi connectivity index (χ4v) is 3.69. The van der Waals surface area contributed by atoms with Gasteiger partial charge in [0.15, 0.2) is 5.13 Å². The van der Waals surface area contributed by atoms with Crippen molar-refractivity contribution in [3.05, 3.63) is 40.5 Å². The molecule has 0 spiro atoms. The normalized spacial score (nSPS) is 15.1. The lowest BCUT2D eigenvalue weighted by Crippen LogP contribution is -2.23. The number of aromatic hydroxyl groups is 1. The second-order valence-corrected chi connectivity index (χ2v) is 6.87. The number of hydrogen-bond acceptors (Lipinski definition) is 5. The molecule has 1 saturated heterocycles. The Morgan fingerprint density at radius 1 is 1.25 bits per heavy atom. The smallest absolute Gasteiger partial charge is 0.254 e. The predicted molar refractivity (Wildman–Crippen MR) is 92.0 cm³/mol. The number of thiazole rings is 1. The van der Waals surface area contributed by atoms with E-state index in [-0.39, 0.29) is 18.0 Å². The third-order valence-corrected chi connectivity index (χ3v) is 5.18. The molecule has 2 aromatic rings. The number of rotatable bonds is 4. The first-order chi connectivity index (χ1) is 11.6. The van der Waals surface area contributed by atoms with Crippen LogP contribution in [0.4, 0.5) is 9.52 Å². The summed E-state index contributed by atoms with van der Waals surface area (Å²) in [6, 6.07) is 5.82. The van der Waals surface area contributed by atoms with Crippen LogP contribution in [0, 0.1) is 5.82 Å². The summed E-state index contributed by atoms with van der Waals surface area (Å²) in [6.45, 7) is 2.01. The number of carbonyl (C=O) groups excluding carboxylic acids is 1. The van der Waals surface area contributed by atoms with Gasteiger partial charge in [-0.25, -0.2) is 4.39 Å². The fourth-order valence-electron chi connectivity index (χ4n) is 2.75. The van der Waals surface area contributed by atoms with E-state index in [1.54, 1.807) is 6.07 Å². The molecule has 5 nitrogen and oxygen atoms in total. The SMILES string of the molecule is O=C(NCc1sc(N2CCCCCC2)nc1O)c1ccccc1F. The van der Waals surface area contributed by atoms with Crippen molar-refractivity contribution in [1.29, 1.82) is 0 Å². The van der Waals surface area contributed by atoms with Crippen LogP contribution in [-0.2, 0) is 6.54 Å².